The van der Waals surface area contributed by atoms with E-state index < -0.39 is 0 Å². The number of hydrogen-bond donors (Lipinski definition) is 1. The van der Waals surface area contributed by atoms with Crippen molar-refractivity contribution < 1.29 is 4.79 Å². The van der Waals surface area contributed by atoms with E-state index in [0.717, 1.165) is 22.1 Å². The van der Waals surface area contributed by atoms with Crippen molar-refractivity contribution in [2.75, 3.05) is 5.32 Å². The number of carbonyl (C=O) groups excluding carboxylic acids is 1. The summed E-state index contributed by atoms with van der Waals surface area (Å²) in [5.41, 5.74) is 4.56. The first-order valence-electron chi connectivity index (χ1n) is 7.24. The number of hydrogen-bond acceptors (Lipinski definition) is 1. The Morgan fingerprint density at radius 1 is 1.14 bits per heavy atom. The molecule has 0 radical (unpaired) electrons. The molecule has 108 valence electrons. The Hall–Kier alpha value is -1.61. The second-order valence-corrected chi connectivity index (χ2v) is 6.79. The predicted molar refractivity (Wildman–Crippen MR) is 89.7 cm³/mol. The molecule has 1 N–H and O–H groups in total. The standard InChI is InChI=1S/C18H18BrNO/c1-11(2)13-5-3-12(4-6-13)9-16-15-10-14(19)7-8-17(15)20-18(16)21/h3-8,10-11,16H,9H2,1-2H3,(H,20,21)/t16-/m1/s1. The third-order valence-electron chi connectivity index (χ3n) is 4.05. The lowest BCUT2D eigenvalue weighted by Crippen LogP contribution is -2.14. The zero-order chi connectivity index (χ0) is 15.0. The van der Waals surface area contributed by atoms with Crippen molar-refractivity contribution >= 4 is 27.5 Å². The van der Waals surface area contributed by atoms with Crippen LogP contribution in [0.4, 0.5) is 5.69 Å². The first-order valence-corrected chi connectivity index (χ1v) is 8.03. The normalized spacial score (nSPS) is 17.0. The van der Waals surface area contributed by atoms with E-state index in [1.54, 1.807) is 0 Å². The molecule has 1 heterocycles. The number of halogens is 1. The number of anilines is 1. The molecule has 21 heavy (non-hydrogen) atoms. The fourth-order valence-electron chi connectivity index (χ4n) is 2.77. The van der Waals surface area contributed by atoms with E-state index in [1.165, 1.54) is 11.1 Å². The van der Waals surface area contributed by atoms with Crippen LogP contribution in [-0.2, 0) is 11.2 Å². The van der Waals surface area contributed by atoms with E-state index >= 15 is 0 Å². The molecule has 0 unspecified atom stereocenters. The fourth-order valence-corrected chi connectivity index (χ4v) is 3.15. The van der Waals surface area contributed by atoms with Gasteiger partial charge in [0.05, 0.1) is 5.92 Å². The Morgan fingerprint density at radius 3 is 2.52 bits per heavy atom. The van der Waals surface area contributed by atoms with Crippen molar-refractivity contribution in [2.24, 2.45) is 0 Å². The minimum absolute atomic E-state index is 0.0936. The maximum Gasteiger partial charge on any atom is 0.232 e. The van der Waals surface area contributed by atoms with E-state index in [-0.39, 0.29) is 11.8 Å². The lowest BCUT2D eigenvalue weighted by molar-refractivity contribution is -0.117. The summed E-state index contributed by atoms with van der Waals surface area (Å²) in [4.78, 5) is 12.2. The van der Waals surface area contributed by atoms with Crippen molar-refractivity contribution in [1.29, 1.82) is 0 Å². The lowest BCUT2D eigenvalue weighted by atomic mass is 9.92. The van der Waals surface area contributed by atoms with Gasteiger partial charge in [-0.1, -0.05) is 54.0 Å². The number of rotatable bonds is 3. The summed E-state index contributed by atoms with van der Waals surface area (Å²) in [5.74, 6) is 0.531. The molecule has 3 rings (SSSR count). The van der Waals surface area contributed by atoms with E-state index in [4.69, 9.17) is 0 Å². The monoisotopic (exact) mass is 343 g/mol. The van der Waals surface area contributed by atoms with Crippen LogP contribution < -0.4 is 5.32 Å². The summed E-state index contributed by atoms with van der Waals surface area (Å²) in [6.45, 7) is 4.38. The number of fused-ring (bicyclic) bond motifs is 1. The molecule has 0 fully saturated rings. The highest BCUT2D eigenvalue weighted by Gasteiger charge is 2.30. The summed E-state index contributed by atoms with van der Waals surface area (Å²) in [5, 5.41) is 2.96. The van der Waals surface area contributed by atoms with Gasteiger partial charge >= 0.3 is 0 Å². The molecule has 0 saturated heterocycles. The molecule has 0 saturated carbocycles. The molecule has 1 aliphatic rings. The third kappa shape index (κ3) is 2.88. The molecule has 2 aromatic rings. The van der Waals surface area contributed by atoms with Gasteiger partial charge in [0, 0.05) is 10.2 Å². The Morgan fingerprint density at radius 2 is 1.86 bits per heavy atom. The second kappa shape index (κ2) is 5.64. The molecule has 1 aliphatic heterocycles. The van der Waals surface area contributed by atoms with Gasteiger partial charge in [0.1, 0.15) is 0 Å². The van der Waals surface area contributed by atoms with Crippen molar-refractivity contribution in [3.8, 4) is 0 Å². The molecule has 0 spiro atoms. The van der Waals surface area contributed by atoms with Gasteiger partial charge in [-0.3, -0.25) is 4.79 Å². The largest absolute Gasteiger partial charge is 0.325 e. The summed E-state index contributed by atoms with van der Waals surface area (Å²) in [7, 11) is 0. The van der Waals surface area contributed by atoms with Gasteiger partial charge in [0.15, 0.2) is 0 Å². The van der Waals surface area contributed by atoms with Crippen LogP contribution in [0.15, 0.2) is 46.9 Å². The first kappa shape index (κ1) is 14.3. The summed E-state index contributed by atoms with van der Waals surface area (Å²) < 4.78 is 1.01. The number of nitrogens with one attached hydrogen (secondary N) is 1. The van der Waals surface area contributed by atoms with Gasteiger partial charge in [-0.2, -0.15) is 0 Å². The van der Waals surface area contributed by atoms with Crippen LogP contribution >= 0.6 is 15.9 Å². The molecular formula is C18H18BrNO. The molecular weight excluding hydrogens is 326 g/mol. The summed E-state index contributed by atoms with van der Waals surface area (Å²) >= 11 is 3.48. The first-order chi connectivity index (χ1) is 10.0. The van der Waals surface area contributed by atoms with Gasteiger partial charge in [-0.15, -0.1) is 0 Å². The van der Waals surface area contributed by atoms with Gasteiger partial charge in [0.2, 0.25) is 5.91 Å². The van der Waals surface area contributed by atoms with E-state index in [2.05, 4.69) is 59.4 Å². The SMILES string of the molecule is CC(C)c1ccc(C[C@H]2C(=O)Nc3ccc(Br)cc32)cc1. The Labute approximate surface area is 133 Å². The highest BCUT2D eigenvalue weighted by Crippen LogP contribution is 2.36. The zero-order valence-corrected chi connectivity index (χ0v) is 13.8. The summed E-state index contributed by atoms with van der Waals surface area (Å²) in [6, 6.07) is 14.6. The fraction of sp³-hybridized carbons (Fsp3) is 0.278. The van der Waals surface area contributed by atoms with Crippen LogP contribution in [-0.4, -0.2) is 5.91 Å². The van der Waals surface area contributed by atoms with Crippen molar-refractivity contribution in [1.82, 2.24) is 0 Å². The Bertz CT molecular complexity index is 676. The van der Waals surface area contributed by atoms with E-state index in [9.17, 15) is 4.79 Å². The van der Waals surface area contributed by atoms with Crippen molar-refractivity contribution in [2.45, 2.75) is 32.1 Å². The molecule has 3 heteroatoms. The molecule has 0 aliphatic carbocycles. The zero-order valence-electron chi connectivity index (χ0n) is 12.2. The minimum Gasteiger partial charge on any atom is -0.325 e. The highest BCUT2D eigenvalue weighted by atomic mass is 79.9. The van der Waals surface area contributed by atoms with Gasteiger partial charge in [-0.25, -0.2) is 0 Å². The number of benzene rings is 2. The van der Waals surface area contributed by atoms with Gasteiger partial charge < -0.3 is 5.32 Å². The van der Waals surface area contributed by atoms with Crippen LogP contribution in [0.3, 0.4) is 0 Å². The Kier molecular flexibility index (Phi) is 3.85. The van der Waals surface area contributed by atoms with E-state index in [1.807, 2.05) is 18.2 Å². The molecule has 0 bridgehead atoms. The van der Waals surface area contributed by atoms with Crippen LogP contribution in [0.5, 0.6) is 0 Å². The van der Waals surface area contributed by atoms with Crippen LogP contribution in [0, 0.1) is 0 Å². The van der Waals surface area contributed by atoms with Crippen LogP contribution in [0.25, 0.3) is 0 Å². The average Bonchev–Trinajstić information content (AvgIpc) is 2.76. The maximum absolute atomic E-state index is 12.2. The van der Waals surface area contributed by atoms with Crippen LogP contribution in [0.1, 0.15) is 42.4 Å². The van der Waals surface area contributed by atoms with Crippen LogP contribution in [0.2, 0.25) is 0 Å². The number of amides is 1. The molecule has 0 aromatic heterocycles. The lowest BCUT2D eigenvalue weighted by Gasteiger charge is -2.11. The molecule has 2 aromatic carbocycles. The maximum atomic E-state index is 12.2. The second-order valence-electron chi connectivity index (χ2n) is 5.87. The molecule has 2 nitrogen and oxygen atoms in total. The van der Waals surface area contributed by atoms with Gasteiger partial charge in [-0.05, 0) is 47.2 Å². The predicted octanol–water partition coefficient (Wildman–Crippen LogP) is 4.85. The third-order valence-corrected chi connectivity index (χ3v) is 4.54. The summed E-state index contributed by atoms with van der Waals surface area (Å²) in [6.07, 6.45) is 0.744. The van der Waals surface area contributed by atoms with Crippen molar-refractivity contribution in [3.05, 3.63) is 63.6 Å². The molecule has 1 amide bonds. The average molecular weight is 344 g/mol. The number of carbonyl (C=O) groups is 1. The highest BCUT2D eigenvalue weighted by molar-refractivity contribution is 9.10. The van der Waals surface area contributed by atoms with Crippen molar-refractivity contribution in [3.63, 3.8) is 0 Å². The van der Waals surface area contributed by atoms with E-state index in [0.29, 0.717) is 5.92 Å². The quantitative estimate of drug-likeness (QED) is 0.847. The Balaban J connectivity index is 1.85. The molecule has 1 atom stereocenters. The smallest absolute Gasteiger partial charge is 0.232 e. The van der Waals surface area contributed by atoms with Gasteiger partial charge in [0.25, 0.3) is 0 Å². The topological polar surface area (TPSA) is 29.1 Å². The minimum atomic E-state index is -0.0950.